The molecule has 0 saturated carbocycles. The first kappa shape index (κ1) is 20.3. The lowest BCUT2D eigenvalue weighted by Gasteiger charge is -2.32. The van der Waals surface area contributed by atoms with Gasteiger partial charge in [0.2, 0.25) is 0 Å². The van der Waals surface area contributed by atoms with E-state index in [2.05, 4.69) is 20.0 Å². The van der Waals surface area contributed by atoms with Crippen molar-refractivity contribution in [1.82, 2.24) is 20.0 Å². The standard InChI is InChI=1S/C19H18F3N5O2S/c1-29-17(28)15-10-27(25-24-15)12-5-4-8-26(9-12)18-23-16(11-30-18)13-6-2-3-7-14(13)19(20,21)22/h2-3,6-7,10-12H,4-5,8-9H2,1H3. The summed E-state index contributed by atoms with van der Waals surface area (Å²) >= 11 is 1.31. The molecule has 1 aliphatic rings. The smallest absolute Gasteiger partial charge is 0.417 e. The van der Waals surface area contributed by atoms with Crippen LogP contribution in [0.5, 0.6) is 0 Å². The van der Waals surface area contributed by atoms with Crippen LogP contribution in [0.1, 0.15) is 34.9 Å². The van der Waals surface area contributed by atoms with Crippen molar-refractivity contribution in [2.24, 2.45) is 0 Å². The zero-order valence-electron chi connectivity index (χ0n) is 16.0. The third kappa shape index (κ3) is 4.02. The lowest BCUT2D eigenvalue weighted by molar-refractivity contribution is -0.137. The highest BCUT2D eigenvalue weighted by atomic mass is 32.1. The molecule has 4 rings (SSSR count). The molecule has 1 fully saturated rings. The molecule has 30 heavy (non-hydrogen) atoms. The maximum Gasteiger partial charge on any atom is 0.417 e. The van der Waals surface area contributed by atoms with Gasteiger partial charge in [0.15, 0.2) is 10.8 Å². The predicted molar refractivity (Wildman–Crippen MR) is 104 cm³/mol. The van der Waals surface area contributed by atoms with E-state index in [1.54, 1.807) is 22.3 Å². The summed E-state index contributed by atoms with van der Waals surface area (Å²) in [6, 6.07) is 5.42. The van der Waals surface area contributed by atoms with Crippen LogP contribution < -0.4 is 4.90 Å². The van der Waals surface area contributed by atoms with E-state index < -0.39 is 17.7 Å². The SMILES string of the molecule is COC(=O)c1cn(C2CCCN(c3nc(-c4ccccc4C(F)(F)F)cs3)C2)nn1. The molecule has 11 heteroatoms. The third-order valence-electron chi connectivity index (χ3n) is 4.95. The van der Waals surface area contributed by atoms with Crippen molar-refractivity contribution in [2.75, 3.05) is 25.1 Å². The molecule has 1 aromatic carbocycles. The molecule has 158 valence electrons. The molecule has 1 saturated heterocycles. The number of thiazole rings is 1. The molecule has 0 bridgehead atoms. The number of benzene rings is 1. The quantitative estimate of drug-likeness (QED) is 0.574. The number of methoxy groups -OCH3 is 1. The number of aromatic nitrogens is 4. The molecule has 1 atom stereocenters. The Balaban J connectivity index is 1.54. The summed E-state index contributed by atoms with van der Waals surface area (Å²) in [6.45, 7) is 1.31. The van der Waals surface area contributed by atoms with Crippen LogP contribution in [0.4, 0.5) is 18.3 Å². The van der Waals surface area contributed by atoms with E-state index in [0.717, 1.165) is 25.5 Å². The fourth-order valence-corrected chi connectivity index (χ4v) is 4.35. The minimum atomic E-state index is -4.44. The molecule has 0 aliphatic carbocycles. The summed E-state index contributed by atoms with van der Waals surface area (Å²) in [7, 11) is 1.28. The first-order valence-electron chi connectivity index (χ1n) is 9.24. The van der Waals surface area contributed by atoms with Gasteiger partial charge in [-0.25, -0.2) is 14.5 Å². The monoisotopic (exact) mass is 437 g/mol. The zero-order valence-corrected chi connectivity index (χ0v) is 16.8. The summed E-state index contributed by atoms with van der Waals surface area (Å²) < 4.78 is 46.3. The average molecular weight is 437 g/mol. The molecule has 2 aromatic heterocycles. The number of carbonyl (C=O) groups excluding carboxylic acids is 1. The second kappa shape index (κ2) is 8.05. The fraction of sp³-hybridized carbons (Fsp3) is 0.368. The summed E-state index contributed by atoms with van der Waals surface area (Å²) in [5.41, 5.74) is -0.190. The number of piperidine rings is 1. The summed E-state index contributed by atoms with van der Waals surface area (Å²) in [5.74, 6) is -0.554. The summed E-state index contributed by atoms with van der Waals surface area (Å²) in [6.07, 6.45) is -1.20. The van der Waals surface area contributed by atoms with Crippen molar-refractivity contribution in [3.63, 3.8) is 0 Å². The van der Waals surface area contributed by atoms with E-state index in [0.29, 0.717) is 17.4 Å². The molecule has 3 heterocycles. The van der Waals surface area contributed by atoms with Crippen LogP contribution in [0.25, 0.3) is 11.3 Å². The van der Waals surface area contributed by atoms with Gasteiger partial charge < -0.3 is 9.64 Å². The van der Waals surface area contributed by atoms with Gasteiger partial charge in [0.1, 0.15) is 0 Å². The highest BCUT2D eigenvalue weighted by molar-refractivity contribution is 7.14. The molecule has 7 nitrogen and oxygen atoms in total. The molecule has 0 amide bonds. The van der Waals surface area contributed by atoms with Crippen LogP contribution in [0.2, 0.25) is 0 Å². The van der Waals surface area contributed by atoms with Crippen molar-refractivity contribution in [2.45, 2.75) is 25.1 Å². The highest BCUT2D eigenvalue weighted by Gasteiger charge is 2.34. The molecular formula is C19H18F3N5O2S. The van der Waals surface area contributed by atoms with Crippen LogP contribution in [0.15, 0.2) is 35.8 Å². The van der Waals surface area contributed by atoms with Crippen molar-refractivity contribution in [3.8, 4) is 11.3 Å². The summed E-state index contributed by atoms with van der Waals surface area (Å²) in [4.78, 5) is 18.1. The van der Waals surface area contributed by atoms with E-state index >= 15 is 0 Å². The van der Waals surface area contributed by atoms with E-state index in [9.17, 15) is 18.0 Å². The molecule has 1 unspecified atom stereocenters. The molecule has 0 N–H and O–H groups in total. The Morgan fingerprint density at radius 3 is 2.87 bits per heavy atom. The highest BCUT2D eigenvalue weighted by Crippen LogP contribution is 2.38. The first-order chi connectivity index (χ1) is 14.4. The van der Waals surface area contributed by atoms with Crippen LogP contribution in [-0.2, 0) is 10.9 Å². The van der Waals surface area contributed by atoms with Crippen molar-refractivity contribution in [1.29, 1.82) is 0 Å². The minimum Gasteiger partial charge on any atom is -0.464 e. The fourth-order valence-electron chi connectivity index (χ4n) is 3.48. The van der Waals surface area contributed by atoms with Crippen LogP contribution in [0, 0.1) is 0 Å². The maximum atomic E-state index is 13.3. The minimum absolute atomic E-state index is 0.0283. The van der Waals surface area contributed by atoms with Gasteiger partial charge in [-0.1, -0.05) is 23.4 Å². The molecule has 0 radical (unpaired) electrons. The number of ether oxygens (including phenoxy) is 1. The van der Waals surface area contributed by atoms with Gasteiger partial charge in [0.05, 0.1) is 30.6 Å². The van der Waals surface area contributed by atoms with Gasteiger partial charge in [-0.15, -0.1) is 16.4 Å². The van der Waals surface area contributed by atoms with E-state index in [1.165, 1.54) is 30.6 Å². The number of carbonyl (C=O) groups is 1. The largest absolute Gasteiger partial charge is 0.464 e. The molecule has 0 spiro atoms. The Bertz CT molecular complexity index is 1050. The lowest BCUT2D eigenvalue weighted by atomic mass is 10.1. The number of rotatable bonds is 4. The lowest BCUT2D eigenvalue weighted by Crippen LogP contribution is -2.36. The van der Waals surface area contributed by atoms with Crippen LogP contribution >= 0.6 is 11.3 Å². The van der Waals surface area contributed by atoms with Gasteiger partial charge >= 0.3 is 12.1 Å². The summed E-state index contributed by atoms with van der Waals surface area (Å²) in [5, 5.41) is 10.2. The number of hydrogen-bond donors (Lipinski definition) is 0. The van der Waals surface area contributed by atoms with Crippen molar-refractivity contribution >= 4 is 22.4 Å². The van der Waals surface area contributed by atoms with Gasteiger partial charge in [-0.3, -0.25) is 0 Å². The predicted octanol–water partition coefficient (Wildman–Crippen LogP) is 4.05. The molecular weight excluding hydrogens is 419 g/mol. The van der Waals surface area contributed by atoms with Gasteiger partial charge in [0, 0.05) is 24.0 Å². The first-order valence-corrected chi connectivity index (χ1v) is 10.1. The Hall–Kier alpha value is -2.95. The Labute approximate surface area is 174 Å². The Kier molecular flexibility index (Phi) is 5.46. The van der Waals surface area contributed by atoms with E-state index in [1.807, 2.05) is 4.90 Å². The maximum absolute atomic E-state index is 13.3. The Morgan fingerprint density at radius 1 is 1.30 bits per heavy atom. The zero-order chi connectivity index (χ0) is 21.3. The average Bonchev–Trinajstić information content (AvgIpc) is 3.43. The molecule has 3 aromatic rings. The number of halogens is 3. The van der Waals surface area contributed by atoms with Crippen LogP contribution in [0.3, 0.4) is 0 Å². The van der Waals surface area contributed by atoms with Gasteiger partial charge in [-0.2, -0.15) is 13.2 Å². The number of alkyl halides is 3. The number of esters is 1. The van der Waals surface area contributed by atoms with Gasteiger partial charge in [-0.05, 0) is 18.9 Å². The Morgan fingerprint density at radius 2 is 2.10 bits per heavy atom. The number of hydrogen-bond acceptors (Lipinski definition) is 7. The number of anilines is 1. The van der Waals surface area contributed by atoms with E-state index in [4.69, 9.17) is 0 Å². The van der Waals surface area contributed by atoms with Crippen LogP contribution in [-0.4, -0.2) is 46.1 Å². The van der Waals surface area contributed by atoms with Gasteiger partial charge in [0.25, 0.3) is 0 Å². The van der Waals surface area contributed by atoms with E-state index in [-0.39, 0.29) is 17.3 Å². The number of nitrogens with zero attached hydrogens (tertiary/aromatic N) is 5. The van der Waals surface area contributed by atoms with Crippen molar-refractivity contribution < 1.29 is 22.7 Å². The normalized spacial score (nSPS) is 17.2. The second-order valence-corrected chi connectivity index (χ2v) is 7.71. The molecule has 1 aliphatic heterocycles. The van der Waals surface area contributed by atoms with Crippen molar-refractivity contribution in [3.05, 3.63) is 47.1 Å². The second-order valence-electron chi connectivity index (χ2n) is 6.88. The third-order valence-corrected chi connectivity index (χ3v) is 5.85. The topological polar surface area (TPSA) is 73.1 Å².